The monoisotopic (exact) mass is 443 g/mol. The van der Waals surface area contributed by atoms with Crippen LogP contribution in [0.2, 0.25) is 5.02 Å². The number of likely N-dealkylation sites (tertiary alicyclic amines) is 1. The highest BCUT2D eigenvalue weighted by Gasteiger charge is 2.45. The molecule has 0 spiro atoms. The number of aliphatic hydroxyl groups is 1. The summed E-state index contributed by atoms with van der Waals surface area (Å²) in [7, 11) is 1.52. The third-order valence-corrected chi connectivity index (χ3v) is 5.23. The number of hydrogen-bond donors (Lipinski definition) is 1. The highest BCUT2D eigenvalue weighted by atomic mass is 35.5. The lowest BCUT2D eigenvalue weighted by molar-refractivity contribution is -0.140. The predicted octanol–water partition coefficient (Wildman–Crippen LogP) is 4.44. The molecule has 0 bridgehead atoms. The lowest BCUT2D eigenvalue weighted by Crippen LogP contribution is -2.32. The zero-order valence-corrected chi connectivity index (χ0v) is 18.6. The van der Waals surface area contributed by atoms with E-state index in [2.05, 4.69) is 13.8 Å². The molecule has 2 aromatic carbocycles. The number of amides is 1. The molecule has 3 rings (SSSR count). The van der Waals surface area contributed by atoms with E-state index in [0.717, 1.165) is 0 Å². The summed E-state index contributed by atoms with van der Waals surface area (Å²) in [5.41, 5.74) is 1.15. The molecule has 164 valence electrons. The average Bonchev–Trinajstić information content (AvgIpc) is 3.01. The normalized spacial score (nSPS) is 18.1. The van der Waals surface area contributed by atoms with Crippen molar-refractivity contribution in [3.8, 4) is 5.75 Å². The molecule has 1 saturated heterocycles. The summed E-state index contributed by atoms with van der Waals surface area (Å²) in [5, 5.41) is 11.6. The van der Waals surface area contributed by atoms with Gasteiger partial charge in [-0.2, -0.15) is 0 Å². The van der Waals surface area contributed by atoms with E-state index in [4.69, 9.17) is 21.1 Å². The van der Waals surface area contributed by atoms with Crippen LogP contribution in [0.5, 0.6) is 5.75 Å². The van der Waals surface area contributed by atoms with Crippen LogP contribution in [-0.4, -0.2) is 48.6 Å². The van der Waals surface area contributed by atoms with Crippen LogP contribution in [0.1, 0.15) is 31.0 Å². The SMILES string of the molecule is COCCN1C(=O)C(=O)/C(=C(/O)c2ccc(OCC(C)C)cc2)C1c1ccc(Cl)cc1. The highest BCUT2D eigenvalue weighted by Crippen LogP contribution is 2.39. The Bertz CT molecular complexity index is 966. The van der Waals surface area contributed by atoms with Gasteiger partial charge in [0.25, 0.3) is 11.7 Å². The largest absolute Gasteiger partial charge is 0.507 e. The molecule has 6 nitrogen and oxygen atoms in total. The van der Waals surface area contributed by atoms with Crippen LogP contribution in [0.4, 0.5) is 0 Å². The molecule has 0 aliphatic carbocycles. The van der Waals surface area contributed by atoms with Crippen molar-refractivity contribution >= 4 is 29.1 Å². The summed E-state index contributed by atoms with van der Waals surface area (Å²) < 4.78 is 10.8. The summed E-state index contributed by atoms with van der Waals surface area (Å²) in [6.45, 7) is 5.16. The first-order valence-corrected chi connectivity index (χ1v) is 10.5. The number of benzene rings is 2. The molecule has 31 heavy (non-hydrogen) atoms. The molecule has 1 unspecified atom stereocenters. The maximum absolute atomic E-state index is 12.9. The van der Waals surface area contributed by atoms with E-state index in [1.54, 1.807) is 48.5 Å². The van der Waals surface area contributed by atoms with Gasteiger partial charge in [-0.3, -0.25) is 9.59 Å². The standard InChI is InChI=1S/C24H26ClNO5/c1-15(2)14-31-19-10-6-17(7-11-19)22(27)20-21(16-4-8-18(25)9-5-16)26(12-13-30-3)24(29)23(20)28/h4-11,15,21,27H,12-14H2,1-3H3/b22-20+. The Morgan fingerprint density at radius 2 is 1.74 bits per heavy atom. The molecule has 1 fully saturated rings. The van der Waals surface area contributed by atoms with Gasteiger partial charge in [-0.1, -0.05) is 37.6 Å². The number of rotatable bonds is 8. The number of Topliss-reactive ketones (excluding diaryl/α,β-unsaturated/α-hetero) is 1. The zero-order valence-electron chi connectivity index (χ0n) is 17.8. The number of carbonyl (C=O) groups excluding carboxylic acids is 2. The van der Waals surface area contributed by atoms with Crippen LogP contribution >= 0.6 is 11.6 Å². The molecule has 1 N–H and O–H groups in total. The van der Waals surface area contributed by atoms with Crippen LogP contribution in [-0.2, 0) is 14.3 Å². The van der Waals surface area contributed by atoms with Crippen molar-refractivity contribution in [3.63, 3.8) is 0 Å². The van der Waals surface area contributed by atoms with Crippen LogP contribution < -0.4 is 4.74 Å². The summed E-state index contributed by atoms with van der Waals surface area (Å²) in [5.74, 6) is -0.576. The van der Waals surface area contributed by atoms with Gasteiger partial charge in [-0.25, -0.2) is 0 Å². The third kappa shape index (κ3) is 5.09. The first-order chi connectivity index (χ1) is 14.8. The number of carbonyl (C=O) groups is 2. The second-order valence-corrected chi connectivity index (χ2v) is 8.20. The quantitative estimate of drug-likeness (QED) is 0.370. The van der Waals surface area contributed by atoms with Gasteiger partial charge >= 0.3 is 0 Å². The van der Waals surface area contributed by atoms with E-state index >= 15 is 0 Å². The van der Waals surface area contributed by atoms with Crippen molar-refractivity contribution in [1.82, 2.24) is 4.90 Å². The minimum atomic E-state index is -0.732. The van der Waals surface area contributed by atoms with E-state index in [1.807, 2.05) is 0 Å². The Morgan fingerprint density at radius 3 is 2.32 bits per heavy atom. The van der Waals surface area contributed by atoms with Gasteiger partial charge in [0.1, 0.15) is 11.5 Å². The van der Waals surface area contributed by atoms with Crippen molar-refractivity contribution in [1.29, 1.82) is 0 Å². The summed E-state index contributed by atoms with van der Waals surface area (Å²) in [6, 6.07) is 12.9. The number of aliphatic hydroxyl groups excluding tert-OH is 1. The molecule has 0 aromatic heterocycles. The molecule has 1 atom stereocenters. The van der Waals surface area contributed by atoms with E-state index in [-0.39, 0.29) is 24.5 Å². The van der Waals surface area contributed by atoms with Crippen LogP contribution in [0.15, 0.2) is 54.1 Å². The van der Waals surface area contributed by atoms with Gasteiger partial charge in [0.15, 0.2) is 0 Å². The van der Waals surface area contributed by atoms with Crippen LogP contribution in [0.25, 0.3) is 5.76 Å². The molecule has 2 aromatic rings. The predicted molar refractivity (Wildman–Crippen MR) is 119 cm³/mol. The van der Waals surface area contributed by atoms with Gasteiger partial charge in [0.2, 0.25) is 0 Å². The van der Waals surface area contributed by atoms with Crippen molar-refractivity contribution in [2.45, 2.75) is 19.9 Å². The molecule has 1 amide bonds. The molecule has 1 aliphatic heterocycles. The number of methoxy groups -OCH3 is 1. The molecule has 1 aliphatic rings. The van der Waals surface area contributed by atoms with Gasteiger partial charge in [0, 0.05) is 24.2 Å². The van der Waals surface area contributed by atoms with Gasteiger partial charge in [-0.15, -0.1) is 0 Å². The molecular weight excluding hydrogens is 418 g/mol. The fourth-order valence-corrected chi connectivity index (χ4v) is 3.55. The Balaban J connectivity index is 2.02. The number of halogens is 1. The Labute approximate surface area is 187 Å². The van der Waals surface area contributed by atoms with Crippen LogP contribution in [0, 0.1) is 5.92 Å². The van der Waals surface area contributed by atoms with E-state index < -0.39 is 17.7 Å². The molecular formula is C24H26ClNO5. The number of ether oxygens (including phenoxy) is 2. The average molecular weight is 444 g/mol. The fourth-order valence-electron chi connectivity index (χ4n) is 3.42. The topological polar surface area (TPSA) is 76.1 Å². The Hall–Kier alpha value is -2.83. The Morgan fingerprint density at radius 1 is 1.10 bits per heavy atom. The number of ketones is 1. The van der Waals surface area contributed by atoms with Crippen molar-refractivity contribution < 1.29 is 24.2 Å². The maximum atomic E-state index is 12.9. The number of nitrogens with zero attached hydrogens (tertiary/aromatic N) is 1. The van der Waals surface area contributed by atoms with Gasteiger partial charge in [-0.05, 0) is 47.9 Å². The minimum absolute atomic E-state index is 0.0410. The third-order valence-electron chi connectivity index (χ3n) is 4.97. The van der Waals surface area contributed by atoms with Crippen molar-refractivity contribution in [2.24, 2.45) is 5.92 Å². The van der Waals surface area contributed by atoms with Gasteiger partial charge in [0.05, 0.1) is 24.8 Å². The summed E-state index contributed by atoms with van der Waals surface area (Å²) in [6.07, 6.45) is 0. The second kappa shape index (κ2) is 9.98. The molecule has 0 saturated carbocycles. The maximum Gasteiger partial charge on any atom is 0.295 e. The minimum Gasteiger partial charge on any atom is -0.507 e. The zero-order chi connectivity index (χ0) is 22.5. The molecule has 7 heteroatoms. The first-order valence-electron chi connectivity index (χ1n) is 10.1. The lowest BCUT2D eigenvalue weighted by Gasteiger charge is -2.25. The number of hydrogen-bond acceptors (Lipinski definition) is 5. The van der Waals surface area contributed by atoms with E-state index in [1.165, 1.54) is 12.0 Å². The van der Waals surface area contributed by atoms with Gasteiger partial charge < -0.3 is 19.5 Å². The Kier molecular flexibility index (Phi) is 7.36. The van der Waals surface area contributed by atoms with Crippen molar-refractivity contribution in [3.05, 3.63) is 70.3 Å². The summed E-state index contributed by atoms with van der Waals surface area (Å²) >= 11 is 6.01. The molecule has 0 radical (unpaired) electrons. The van der Waals surface area contributed by atoms with Crippen molar-refractivity contribution in [2.75, 3.05) is 26.9 Å². The highest BCUT2D eigenvalue weighted by molar-refractivity contribution is 6.46. The first kappa shape index (κ1) is 22.8. The van der Waals surface area contributed by atoms with E-state index in [9.17, 15) is 14.7 Å². The summed E-state index contributed by atoms with van der Waals surface area (Å²) in [4.78, 5) is 27.0. The molecule has 1 heterocycles. The lowest BCUT2D eigenvalue weighted by atomic mass is 9.95. The van der Waals surface area contributed by atoms with E-state index in [0.29, 0.717) is 34.4 Å². The smallest absolute Gasteiger partial charge is 0.295 e. The second-order valence-electron chi connectivity index (χ2n) is 7.77. The fraction of sp³-hybridized carbons (Fsp3) is 0.333. The van der Waals surface area contributed by atoms with Crippen LogP contribution in [0.3, 0.4) is 0 Å².